The molecule has 3 aromatic heterocycles. The number of aromatic amines is 1. The quantitative estimate of drug-likeness (QED) is 0.557. The molecule has 5 rings (SSSR count). The number of amides is 1. The summed E-state index contributed by atoms with van der Waals surface area (Å²) in [5.41, 5.74) is 2.95. The molecule has 0 bridgehead atoms. The van der Waals surface area contributed by atoms with Crippen molar-refractivity contribution in [1.29, 1.82) is 0 Å². The van der Waals surface area contributed by atoms with Crippen LogP contribution in [0.1, 0.15) is 34.5 Å². The Bertz CT molecular complexity index is 1280. The second kappa shape index (κ2) is 8.72. The average molecular weight is 471 g/mol. The number of H-pyrrole nitrogens is 1. The first-order chi connectivity index (χ1) is 15.9. The summed E-state index contributed by atoms with van der Waals surface area (Å²) < 4.78 is 14.7. The van der Waals surface area contributed by atoms with Crippen LogP contribution >= 0.6 is 11.6 Å². The highest BCUT2D eigenvalue weighted by Crippen LogP contribution is 2.26. The van der Waals surface area contributed by atoms with Crippen LogP contribution in [0, 0.1) is 12.9 Å². The fourth-order valence-corrected chi connectivity index (χ4v) is 4.28. The van der Waals surface area contributed by atoms with Crippen molar-refractivity contribution in [3.05, 3.63) is 62.5 Å². The number of carbonyl (C=O) groups is 1. The summed E-state index contributed by atoms with van der Waals surface area (Å²) in [7, 11) is 0. The number of piperazine rings is 1. The van der Waals surface area contributed by atoms with Crippen molar-refractivity contribution < 1.29 is 9.18 Å². The van der Waals surface area contributed by atoms with Gasteiger partial charge in [-0.2, -0.15) is 4.39 Å². The molecule has 4 heterocycles. The minimum absolute atomic E-state index is 0.105. The highest BCUT2D eigenvalue weighted by Gasteiger charge is 2.26. The van der Waals surface area contributed by atoms with Crippen LogP contribution in [0.5, 0.6) is 0 Å². The number of nitrogens with zero attached hydrogens (tertiary/aromatic N) is 4. The molecule has 2 aliphatic rings. The molecule has 10 heteroatoms. The van der Waals surface area contributed by atoms with Gasteiger partial charge in [0.15, 0.2) is 0 Å². The van der Waals surface area contributed by atoms with Gasteiger partial charge in [-0.25, -0.2) is 4.98 Å². The minimum Gasteiger partial charge on any atom is -0.365 e. The van der Waals surface area contributed by atoms with E-state index in [-0.39, 0.29) is 23.2 Å². The number of rotatable bonds is 5. The van der Waals surface area contributed by atoms with Gasteiger partial charge < -0.3 is 15.2 Å². The van der Waals surface area contributed by atoms with Gasteiger partial charge in [0, 0.05) is 56.1 Å². The lowest BCUT2D eigenvalue weighted by atomic mass is 10.2. The van der Waals surface area contributed by atoms with Crippen molar-refractivity contribution >= 4 is 34.2 Å². The first-order valence-electron chi connectivity index (χ1n) is 11.0. The molecule has 1 aliphatic heterocycles. The number of pyridine rings is 3. The molecule has 1 amide bonds. The molecule has 2 fully saturated rings. The second-order valence-electron chi connectivity index (χ2n) is 8.66. The van der Waals surface area contributed by atoms with Crippen LogP contribution in [0.4, 0.5) is 10.1 Å². The van der Waals surface area contributed by atoms with E-state index in [2.05, 4.69) is 25.2 Å². The fourth-order valence-electron chi connectivity index (χ4n) is 4.03. The summed E-state index contributed by atoms with van der Waals surface area (Å²) in [5.74, 6) is -0.960. The second-order valence-corrected chi connectivity index (χ2v) is 9.03. The highest BCUT2D eigenvalue weighted by atomic mass is 35.5. The molecule has 172 valence electrons. The summed E-state index contributed by atoms with van der Waals surface area (Å²) in [6, 6.07) is 5.13. The van der Waals surface area contributed by atoms with Gasteiger partial charge in [-0.3, -0.25) is 19.5 Å². The van der Waals surface area contributed by atoms with E-state index in [1.54, 1.807) is 31.3 Å². The number of nitrogens with one attached hydrogen (secondary N) is 2. The summed E-state index contributed by atoms with van der Waals surface area (Å²) in [4.78, 5) is 39.4. The summed E-state index contributed by atoms with van der Waals surface area (Å²) in [6.45, 7) is 4.93. The standard InChI is InChI=1S/C23H24ClFN6O2/c1-13-10-17-20(29-22(13)32)19(24)14(11-26-17)12-30-6-8-31(9-7-30)18-5-4-16(28-21(18)25)23(33)27-15-2-3-15/h4-5,10-11,15H,2-3,6-9,12H2,1H3,(H,27,33)(H,29,32). The molecule has 3 aromatic rings. The van der Waals surface area contributed by atoms with Crippen LogP contribution in [0.2, 0.25) is 5.02 Å². The van der Waals surface area contributed by atoms with E-state index < -0.39 is 5.95 Å². The number of fused-ring (bicyclic) bond motifs is 1. The Kier molecular flexibility index (Phi) is 5.76. The number of aromatic nitrogens is 3. The smallest absolute Gasteiger partial charge is 0.270 e. The Morgan fingerprint density at radius 1 is 1.27 bits per heavy atom. The minimum atomic E-state index is -0.632. The first kappa shape index (κ1) is 21.8. The molecule has 0 radical (unpaired) electrons. The van der Waals surface area contributed by atoms with E-state index >= 15 is 0 Å². The molecule has 1 aliphatic carbocycles. The number of aryl methyl sites for hydroxylation is 1. The van der Waals surface area contributed by atoms with Crippen LogP contribution in [0.3, 0.4) is 0 Å². The molecule has 0 atom stereocenters. The number of halogens is 2. The zero-order valence-electron chi connectivity index (χ0n) is 18.2. The Morgan fingerprint density at radius 2 is 2.03 bits per heavy atom. The van der Waals surface area contributed by atoms with Gasteiger partial charge in [-0.1, -0.05) is 11.6 Å². The van der Waals surface area contributed by atoms with Crippen molar-refractivity contribution in [2.24, 2.45) is 0 Å². The van der Waals surface area contributed by atoms with Crippen molar-refractivity contribution in [1.82, 2.24) is 25.2 Å². The number of hydrogen-bond donors (Lipinski definition) is 2. The fraction of sp³-hybridized carbons (Fsp3) is 0.391. The monoisotopic (exact) mass is 470 g/mol. The van der Waals surface area contributed by atoms with Gasteiger partial charge >= 0.3 is 0 Å². The van der Waals surface area contributed by atoms with E-state index in [9.17, 15) is 14.0 Å². The molecule has 0 aromatic carbocycles. The maximum Gasteiger partial charge on any atom is 0.270 e. The van der Waals surface area contributed by atoms with Gasteiger partial charge in [0.05, 0.1) is 21.7 Å². The molecule has 1 saturated carbocycles. The van der Waals surface area contributed by atoms with Gasteiger partial charge in [-0.15, -0.1) is 0 Å². The maximum absolute atomic E-state index is 14.7. The molecular weight excluding hydrogens is 447 g/mol. The van der Waals surface area contributed by atoms with Crippen LogP contribution < -0.4 is 15.8 Å². The summed E-state index contributed by atoms with van der Waals surface area (Å²) >= 11 is 6.57. The SMILES string of the molecule is Cc1cc2ncc(CN3CCN(c4ccc(C(=O)NC5CC5)nc4F)CC3)c(Cl)c2[nH]c1=O. The molecule has 8 nitrogen and oxygen atoms in total. The zero-order valence-corrected chi connectivity index (χ0v) is 19.0. The number of anilines is 1. The molecule has 0 spiro atoms. The Balaban J connectivity index is 1.24. The van der Waals surface area contributed by atoms with Crippen LogP contribution in [-0.4, -0.2) is 58.0 Å². The molecule has 33 heavy (non-hydrogen) atoms. The first-order valence-corrected chi connectivity index (χ1v) is 11.4. The van der Waals surface area contributed by atoms with E-state index in [4.69, 9.17) is 11.6 Å². The molecular formula is C23H24ClFN6O2. The summed E-state index contributed by atoms with van der Waals surface area (Å²) in [6.07, 6.45) is 3.67. The maximum atomic E-state index is 14.7. The van der Waals surface area contributed by atoms with Crippen LogP contribution in [-0.2, 0) is 6.54 Å². The molecule has 2 N–H and O–H groups in total. The number of hydrogen-bond acceptors (Lipinski definition) is 6. The van der Waals surface area contributed by atoms with E-state index in [0.717, 1.165) is 18.4 Å². The van der Waals surface area contributed by atoms with E-state index in [0.29, 0.717) is 60.0 Å². The normalized spacial score (nSPS) is 16.9. The Morgan fingerprint density at radius 3 is 2.73 bits per heavy atom. The lowest BCUT2D eigenvalue weighted by Gasteiger charge is -2.36. The highest BCUT2D eigenvalue weighted by molar-refractivity contribution is 6.35. The number of carbonyl (C=O) groups excluding carboxylic acids is 1. The van der Waals surface area contributed by atoms with Gasteiger partial charge in [0.2, 0.25) is 5.95 Å². The van der Waals surface area contributed by atoms with Gasteiger partial charge in [0.25, 0.3) is 11.5 Å². The predicted molar refractivity (Wildman–Crippen MR) is 124 cm³/mol. The molecule has 0 unspecified atom stereocenters. The predicted octanol–water partition coefficient (Wildman–Crippen LogP) is 2.63. The van der Waals surface area contributed by atoms with Gasteiger partial charge in [-0.05, 0) is 38.0 Å². The summed E-state index contributed by atoms with van der Waals surface area (Å²) in [5, 5.41) is 3.32. The largest absolute Gasteiger partial charge is 0.365 e. The Hall–Kier alpha value is -3.04. The van der Waals surface area contributed by atoms with Crippen LogP contribution in [0.25, 0.3) is 11.0 Å². The van der Waals surface area contributed by atoms with Crippen molar-refractivity contribution in [3.63, 3.8) is 0 Å². The third kappa shape index (κ3) is 4.56. The van der Waals surface area contributed by atoms with Gasteiger partial charge in [0.1, 0.15) is 5.69 Å². The molecule has 1 saturated heterocycles. The zero-order chi connectivity index (χ0) is 23.1. The Labute approximate surface area is 194 Å². The van der Waals surface area contributed by atoms with E-state index in [1.807, 2.05) is 4.90 Å². The van der Waals surface area contributed by atoms with Crippen molar-refractivity contribution in [2.45, 2.75) is 32.4 Å². The topological polar surface area (TPSA) is 94.2 Å². The third-order valence-corrected chi connectivity index (χ3v) is 6.58. The lowest BCUT2D eigenvalue weighted by molar-refractivity contribution is 0.0945. The van der Waals surface area contributed by atoms with Crippen molar-refractivity contribution in [3.8, 4) is 0 Å². The lowest BCUT2D eigenvalue weighted by Crippen LogP contribution is -2.46. The van der Waals surface area contributed by atoms with E-state index in [1.165, 1.54) is 0 Å². The average Bonchev–Trinajstić information content (AvgIpc) is 3.62. The van der Waals surface area contributed by atoms with Crippen molar-refractivity contribution in [2.75, 3.05) is 31.1 Å². The third-order valence-electron chi connectivity index (χ3n) is 6.15. The van der Waals surface area contributed by atoms with Crippen LogP contribution in [0.15, 0.2) is 29.2 Å².